The van der Waals surface area contributed by atoms with Crippen LogP contribution in [0, 0.1) is 5.92 Å². The summed E-state index contributed by atoms with van der Waals surface area (Å²) in [5, 5.41) is 2.07. The molecule has 3 atom stereocenters. The van der Waals surface area contributed by atoms with Crippen molar-refractivity contribution < 1.29 is 14.3 Å². The first-order valence-electron chi connectivity index (χ1n) is 8.57. The van der Waals surface area contributed by atoms with Crippen LogP contribution in [0.5, 0.6) is 0 Å². The quantitative estimate of drug-likeness (QED) is 0.845. The van der Waals surface area contributed by atoms with Gasteiger partial charge in [-0.3, -0.25) is 4.84 Å². The largest absolute Gasteiger partial charge is 0.377 e. The molecule has 0 aliphatic carbocycles. The fourth-order valence-electron chi connectivity index (χ4n) is 3.47. The summed E-state index contributed by atoms with van der Waals surface area (Å²) < 4.78 is 12.0. The molecule has 126 valence electrons. The van der Waals surface area contributed by atoms with E-state index in [-0.39, 0.29) is 12.1 Å². The van der Waals surface area contributed by atoms with E-state index in [0.29, 0.717) is 32.3 Å². The number of nitrogens with zero attached hydrogens (tertiary/aromatic N) is 1. The minimum Gasteiger partial charge on any atom is -0.377 e. The van der Waals surface area contributed by atoms with Gasteiger partial charge in [-0.2, -0.15) is 5.06 Å². The third kappa shape index (κ3) is 3.52. The van der Waals surface area contributed by atoms with Gasteiger partial charge < -0.3 is 9.47 Å². The normalized spacial score (nSPS) is 27.1. The standard InChI is InChI=1S/C20H23NO3/c1-3-7-16(8-4-1)11-21-19-14-22-15-20(18(19)13-24-21)23-12-17-9-5-2-6-10-17/h1-10,18-20H,11-15H2/t18-,19-,20+/m0/s1. The Hall–Kier alpha value is -1.72. The molecule has 2 aliphatic heterocycles. The lowest BCUT2D eigenvalue weighted by Gasteiger charge is -2.34. The summed E-state index contributed by atoms with van der Waals surface area (Å²) in [6.45, 7) is 3.48. The van der Waals surface area contributed by atoms with Gasteiger partial charge in [0.2, 0.25) is 0 Å². The predicted octanol–water partition coefficient (Wildman–Crippen LogP) is 3.03. The molecule has 0 radical (unpaired) electrons. The van der Waals surface area contributed by atoms with E-state index in [0.717, 1.165) is 6.54 Å². The maximum absolute atomic E-state index is 6.15. The molecular weight excluding hydrogens is 302 g/mol. The van der Waals surface area contributed by atoms with Gasteiger partial charge in [0, 0.05) is 12.5 Å². The Morgan fingerprint density at radius 2 is 1.58 bits per heavy atom. The highest BCUT2D eigenvalue weighted by Gasteiger charge is 2.44. The number of hydrogen-bond donors (Lipinski definition) is 0. The van der Waals surface area contributed by atoms with Gasteiger partial charge in [-0.1, -0.05) is 60.7 Å². The minimum absolute atomic E-state index is 0.0877. The molecule has 2 saturated heterocycles. The fourth-order valence-corrected chi connectivity index (χ4v) is 3.47. The molecule has 0 bridgehead atoms. The number of ether oxygens (including phenoxy) is 2. The molecule has 4 rings (SSSR count). The van der Waals surface area contributed by atoms with Crippen molar-refractivity contribution in [3.8, 4) is 0 Å². The van der Waals surface area contributed by atoms with E-state index >= 15 is 0 Å². The van der Waals surface area contributed by atoms with Crippen molar-refractivity contribution in [3.63, 3.8) is 0 Å². The van der Waals surface area contributed by atoms with Crippen LogP contribution in [0.1, 0.15) is 11.1 Å². The Labute approximate surface area is 142 Å². The van der Waals surface area contributed by atoms with E-state index in [4.69, 9.17) is 14.3 Å². The van der Waals surface area contributed by atoms with Crippen molar-refractivity contribution in [3.05, 3.63) is 71.8 Å². The van der Waals surface area contributed by atoms with Crippen LogP contribution in [0.2, 0.25) is 0 Å². The van der Waals surface area contributed by atoms with Crippen molar-refractivity contribution in [1.82, 2.24) is 5.06 Å². The lowest BCUT2D eigenvalue weighted by Crippen LogP contribution is -2.47. The van der Waals surface area contributed by atoms with E-state index in [1.807, 2.05) is 24.3 Å². The summed E-state index contributed by atoms with van der Waals surface area (Å²) in [4.78, 5) is 5.96. The van der Waals surface area contributed by atoms with E-state index in [1.165, 1.54) is 11.1 Å². The lowest BCUT2D eigenvalue weighted by molar-refractivity contribution is -0.160. The highest BCUT2D eigenvalue weighted by molar-refractivity contribution is 5.15. The lowest BCUT2D eigenvalue weighted by atomic mass is 9.93. The molecule has 0 spiro atoms. The summed E-state index contributed by atoms with van der Waals surface area (Å²) in [6, 6.07) is 21.0. The zero-order chi connectivity index (χ0) is 16.2. The van der Waals surface area contributed by atoms with E-state index < -0.39 is 0 Å². The molecule has 2 heterocycles. The Bertz CT molecular complexity index is 634. The van der Waals surface area contributed by atoms with Crippen LogP contribution in [-0.2, 0) is 27.5 Å². The first-order valence-corrected chi connectivity index (χ1v) is 8.57. The zero-order valence-corrected chi connectivity index (χ0v) is 13.7. The molecule has 2 aromatic carbocycles. The van der Waals surface area contributed by atoms with Crippen molar-refractivity contribution in [2.24, 2.45) is 5.92 Å². The van der Waals surface area contributed by atoms with Gasteiger partial charge in [0.15, 0.2) is 0 Å². The molecule has 0 saturated carbocycles. The predicted molar refractivity (Wildman–Crippen MR) is 91.1 cm³/mol. The van der Waals surface area contributed by atoms with Crippen molar-refractivity contribution in [2.75, 3.05) is 19.8 Å². The average molecular weight is 325 g/mol. The Balaban J connectivity index is 1.37. The van der Waals surface area contributed by atoms with Crippen molar-refractivity contribution >= 4 is 0 Å². The Morgan fingerprint density at radius 1 is 0.875 bits per heavy atom. The van der Waals surface area contributed by atoms with E-state index in [1.54, 1.807) is 0 Å². The third-order valence-corrected chi connectivity index (χ3v) is 4.83. The fraction of sp³-hybridized carbons (Fsp3) is 0.400. The van der Waals surface area contributed by atoms with Crippen molar-refractivity contribution in [2.45, 2.75) is 25.3 Å². The summed E-state index contributed by atoms with van der Waals surface area (Å²) in [7, 11) is 0. The van der Waals surface area contributed by atoms with E-state index in [2.05, 4.69) is 41.5 Å². The summed E-state index contributed by atoms with van der Waals surface area (Å²) in [5.41, 5.74) is 2.45. The molecule has 0 amide bonds. The zero-order valence-electron chi connectivity index (χ0n) is 13.7. The van der Waals surface area contributed by atoms with Crippen LogP contribution in [0.15, 0.2) is 60.7 Å². The third-order valence-electron chi connectivity index (χ3n) is 4.83. The highest BCUT2D eigenvalue weighted by atomic mass is 16.7. The van der Waals surface area contributed by atoms with Crippen LogP contribution in [0.4, 0.5) is 0 Å². The molecule has 2 fully saturated rings. The second-order valence-corrected chi connectivity index (χ2v) is 6.46. The van der Waals surface area contributed by atoms with E-state index in [9.17, 15) is 0 Å². The second kappa shape index (κ2) is 7.45. The molecule has 0 N–H and O–H groups in total. The second-order valence-electron chi connectivity index (χ2n) is 6.46. The Kier molecular flexibility index (Phi) is 4.90. The Morgan fingerprint density at radius 3 is 2.33 bits per heavy atom. The first-order chi connectivity index (χ1) is 11.9. The maximum atomic E-state index is 6.15. The molecule has 24 heavy (non-hydrogen) atoms. The van der Waals surface area contributed by atoms with Crippen molar-refractivity contribution in [1.29, 1.82) is 0 Å². The van der Waals surface area contributed by atoms with Crippen LogP contribution in [0.3, 0.4) is 0 Å². The van der Waals surface area contributed by atoms with Gasteiger partial charge in [0.1, 0.15) is 0 Å². The number of rotatable bonds is 5. The monoisotopic (exact) mass is 325 g/mol. The molecule has 4 heteroatoms. The molecule has 0 unspecified atom stereocenters. The molecule has 2 aliphatic rings. The minimum atomic E-state index is 0.0877. The van der Waals surface area contributed by atoms with Crippen LogP contribution < -0.4 is 0 Å². The highest BCUT2D eigenvalue weighted by Crippen LogP contribution is 2.31. The molecular formula is C20H23NO3. The van der Waals surface area contributed by atoms with Gasteiger partial charge in [-0.15, -0.1) is 0 Å². The van der Waals surface area contributed by atoms with Crippen LogP contribution in [0.25, 0.3) is 0 Å². The SMILES string of the molecule is c1ccc(CO[C@@H]2COC[C@H]3[C@@H]2CON3Cc2ccccc2)cc1. The molecule has 0 aromatic heterocycles. The number of benzene rings is 2. The van der Waals surface area contributed by atoms with Gasteiger partial charge in [-0.05, 0) is 11.1 Å². The summed E-state index contributed by atoms with van der Waals surface area (Å²) in [6.07, 6.45) is 0.0877. The molecule has 4 nitrogen and oxygen atoms in total. The van der Waals surface area contributed by atoms with Gasteiger partial charge in [0.25, 0.3) is 0 Å². The molecule has 2 aromatic rings. The number of hydrogen-bond acceptors (Lipinski definition) is 4. The van der Waals surface area contributed by atoms with Crippen LogP contribution >= 0.6 is 0 Å². The number of hydroxylamine groups is 2. The number of fused-ring (bicyclic) bond motifs is 1. The van der Waals surface area contributed by atoms with Gasteiger partial charge in [0.05, 0.1) is 38.6 Å². The van der Waals surface area contributed by atoms with Crippen LogP contribution in [-0.4, -0.2) is 37.0 Å². The maximum Gasteiger partial charge on any atom is 0.0880 e. The first kappa shape index (κ1) is 15.8. The van der Waals surface area contributed by atoms with Gasteiger partial charge >= 0.3 is 0 Å². The summed E-state index contributed by atoms with van der Waals surface area (Å²) in [5.74, 6) is 0.367. The topological polar surface area (TPSA) is 30.9 Å². The average Bonchev–Trinajstić information content (AvgIpc) is 3.05. The van der Waals surface area contributed by atoms with Gasteiger partial charge in [-0.25, -0.2) is 0 Å². The smallest absolute Gasteiger partial charge is 0.0880 e. The summed E-state index contributed by atoms with van der Waals surface area (Å²) >= 11 is 0.